The highest BCUT2D eigenvalue weighted by atomic mass is 16.5. The lowest BCUT2D eigenvalue weighted by atomic mass is 10.1. The summed E-state index contributed by atoms with van der Waals surface area (Å²) < 4.78 is 5.57. The van der Waals surface area contributed by atoms with E-state index in [-0.39, 0.29) is 0 Å². The van der Waals surface area contributed by atoms with E-state index >= 15 is 0 Å². The van der Waals surface area contributed by atoms with Gasteiger partial charge in [-0.15, -0.1) is 0 Å². The van der Waals surface area contributed by atoms with Crippen LogP contribution in [-0.2, 0) is 4.79 Å². The van der Waals surface area contributed by atoms with E-state index < -0.39 is 12.0 Å². The molecule has 2 aromatic carbocycles. The van der Waals surface area contributed by atoms with Crippen molar-refractivity contribution in [3.63, 3.8) is 0 Å². The van der Waals surface area contributed by atoms with Crippen molar-refractivity contribution in [2.75, 3.05) is 0 Å². The lowest BCUT2D eigenvalue weighted by Crippen LogP contribution is -2.30. The summed E-state index contributed by atoms with van der Waals surface area (Å²) in [6, 6.07) is 17.5. The molecule has 1 atom stereocenters. The standard InChI is InChI=1S/C17H17NO2/c1-13(17(18)19)20-16-10-6-5-9-15(16)12-11-14-7-3-2-4-8-14/h2-13H,1H3,(H2,18,19)/b12-11+/t13-/m1/s1. The molecule has 0 unspecified atom stereocenters. The molecule has 0 aliphatic heterocycles. The van der Waals surface area contributed by atoms with Crippen molar-refractivity contribution in [1.82, 2.24) is 0 Å². The van der Waals surface area contributed by atoms with Crippen LogP contribution >= 0.6 is 0 Å². The van der Waals surface area contributed by atoms with Gasteiger partial charge in [0, 0.05) is 5.56 Å². The Hall–Kier alpha value is -2.55. The molecule has 1 amide bonds. The molecule has 3 heteroatoms. The average molecular weight is 267 g/mol. The summed E-state index contributed by atoms with van der Waals surface area (Å²) in [6.07, 6.45) is 3.30. The molecular weight excluding hydrogens is 250 g/mol. The smallest absolute Gasteiger partial charge is 0.258 e. The molecule has 2 aromatic rings. The van der Waals surface area contributed by atoms with Gasteiger partial charge >= 0.3 is 0 Å². The van der Waals surface area contributed by atoms with Gasteiger partial charge < -0.3 is 10.5 Å². The largest absolute Gasteiger partial charge is 0.480 e. The van der Waals surface area contributed by atoms with Crippen molar-refractivity contribution in [3.8, 4) is 5.75 Å². The molecule has 0 saturated heterocycles. The van der Waals surface area contributed by atoms with Gasteiger partial charge in [-0.25, -0.2) is 0 Å². The average Bonchev–Trinajstić information content (AvgIpc) is 2.47. The Morgan fingerprint density at radius 2 is 1.70 bits per heavy atom. The Morgan fingerprint density at radius 1 is 1.05 bits per heavy atom. The summed E-state index contributed by atoms with van der Waals surface area (Å²) in [4.78, 5) is 11.1. The van der Waals surface area contributed by atoms with Gasteiger partial charge in [0.25, 0.3) is 5.91 Å². The van der Waals surface area contributed by atoms with Gasteiger partial charge in [-0.3, -0.25) is 4.79 Å². The lowest BCUT2D eigenvalue weighted by Gasteiger charge is -2.13. The molecule has 0 saturated carbocycles. The number of ether oxygens (including phenoxy) is 1. The van der Waals surface area contributed by atoms with Crippen molar-refractivity contribution < 1.29 is 9.53 Å². The Labute approximate surface area is 118 Å². The Balaban J connectivity index is 2.20. The summed E-state index contributed by atoms with van der Waals surface area (Å²) >= 11 is 0. The van der Waals surface area contributed by atoms with Crippen molar-refractivity contribution in [2.45, 2.75) is 13.0 Å². The van der Waals surface area contributed by atoms with Gasteiger partial charge in [-0.1, -0.05) is 60.7 Å². The second-order valence-corrected chi connectivity index (χ2v) is 4.44. The molecule has 0 radical (unpaired) electrons. The molecule has 0 spiro atoms. The third kappa shape index (κ3) is 3.72. The number of nitrogens with two attached hydrogens (primary N) is 1. The Kier molecular flexibility index (Phi) is 4.56. The summed E-state index contributed by atoms with van der Waals surface area (Å²) in [7, 11) is 0. The quantitative estimate of drug-likeness (QED) is 0.846. The highest BCUT2D eigenvalue weighted by Crippen LogP contribution is 2.21. The van der Waals surface area contributed by atoms with Crippen LogP contribution in [0.25, 0.3) is 12.2 Å². The molecular formula is C17H17NO2. The highest BCUT2D eigenvalue weighted by molar-refractivity contribution is 5.79. The first-order valence-corrected chi connectivity index (χ1v) is 6.45. The van der Waals surface area contributed by atoms with Crippen LogP contribution in [0.1, 0.15) is 18.1 Å². The number of carbonyl (C=O) groups excluding carboxylic acids is 1. The molecule has 0 aromatic heterocycles. The minimum Gasteiger partial charge on any atom is -0.480 e. The number of para-hydroxylation sites is 1. The second kappa shape index (κ2) is 6.57. The molecule has 0 heterocycles. The Bertz CT molecular complexity index is 605. The maximum absolute atomic E-state index is 11.1. The van der Waals surface area contributed by atoms with Gasteiger partial charge in [-0.05, 0) is 18.6 Å². The minimum atomic E-state index is -0.652. The fraction of sp³-hybridized carbons (Fsp3) is 0.118. The summed E-state index contributed by atoms with van der Waals surface area (Å²) in [5, 5.41) is 0. The van der Waals surface area contributed by atoms with E-state index in [0.29, 0.717) is 5.75 Å². The van der Waals surface area contributed by atoms with Crippen LogP contribution in [0.2, 0.25) is 0 Å². The van der Waals surface area contributed by atoms with Crippen LogP contribution in [0, 0.1) is 0 Å². The monoisotopic (exact) mass is 267 g/mol. The molecule has 20 heavy (non-hydrogen) atoms. The van der Waals surface area contributed by atoms with Crippen molar-refractivity contribution in [1.29, 1.82) is 0 Å². The molecule has 102 valence electrons. The number of amides is 1. The first-order chi connectivity index (χ1) is 9.66. The van der Waals surface area contributed by atoms with Crippen LogP contribution in [-0.4, -0.2) is 12.0 Å². The van der Waals surface area contributed by atoms with E-state index in [9.17, 15) is 4.79 Å². The van der Waals surface area contributed by atoms with Crippen LogP contribution in [0.4, 0.5) is 0 Å². The maximum atomic E-state index is 11.1. The van der Waals surface area contributed by atoms with Crippen molar-refractivity contribution in [2.24, 2.45) is 5.73 Å². The molecule has 0 fully saturated rings. The molecule has 2 rings (SSSR count). The number of hydrogen-bond donors (Lipinski definition) is 1. The molecule has 3 nitrogen and oxygen atoms in total. The van der Waals surface area contributed by atoms with Gasteiger partial charge in [0.05, 0.1) is 0 Å². The SMILES string of the molecule is C[C@@H](Oc1ccccc1/C=C/c1ccccc1)C(N)=O. The van der Waals surface area contributed by atoms with E-state index in [1.54, 1.807) is 6.92 Å². The first kappa shape index (κ1) is 13.9. The van der Waals surface area contributed by atoms with Crippen LogP contribution in [0.3, 0.4) is 0 Å². The Morgan fingerprint density at radius 3 is 2.40 bits per heavy atom. The zero-order valence-corrected chi connectivity index (χ0v) is 11.3. The number of carbonyl (C=O) groups is 1. The maximum Gasteiger partial charge on any atom is 0.258 e. The first-order valence-electron chi connectivity index (χ1n) is 6.45. The van der Waals surface area contributed by atoms with Gasteiger partial charge in [0.1, 0.15) is 5.75 Å². The van der Waals surface area contributed by atoms with E-state index in [0.717, 1.165) is 11.1 Å². The van der Waals surface area contributed by atoms with Crippen LogP contribution in [0.5, 0.6) is 5.75 Å². The van der Waals surface area contributed by atoms with E-state index in [2.05, 4.69) is 0 Å². The van der Waals surface area contributed by atoms with E-state index in [1.165, 1.54) is 0 Å². The van der Waals surface area contributed by atoms with Crippen molar-refractivity contribution >= 4 is 18.1 Å². The normalized spacial score (nSPS) is 12.2. The lowest BCUT2D eigenvalue weighted by molar-refractivity contribution is -0.123. The zero-order chi connectivity index (χ0) is 14.4. The number of hydrogen-bond acceptors (Lipinski definition) is 2. The molecule has 2 N–H and O–H groups in total. The van der Waals surface area contributed by atoms with Gasteiger partial charge in [0.15, 0.2) is 6.10 Å². The summed E-state index contributed by atoms with van der Waals surface area (Å²) in [6.45, 7) is 1.64. The summed E-state index contributed by atoms with van der Waals surface area (Å²) in [5.41, 5.74) is 7.23. The van der Waals surface area contributed by atoms with Crippen molar-refractivity contribution in [3.05, 3.63) is 65.7 Å². The van der Waals surface area contributed by atoms with Gasteiger partial charge in [-0.2, -0.15) is 0 Å². The molecule has 0 bridgehead atoms. The second-order valence-electron chi connectivity index (χ2n) is 4.44. The number of primary amides is 1. The zero-order valence-electron chi connectivity index (χ0n) is 11.3. The summed E-state index contributed by atoms with van der Waals surface area (Å²) in [5.74, 6) is 0.165. The van der Waals surface area contributed by atoms with E-state index in [1.807, 2.05) is 66.7 Å². The predicted molar refractivity (Wildman–Crippen MR) is 81.1 cm³/mol. The third-order valence-corrected chi connectivity index (χ3v) is 2.88. The van der Waals surface area contributed by atoms with E-state index in [4.69, 9.17) is 10.5 Å². The number of rotatable bonds is 5. The van der Waals surface area contributed by atoms with Crippen LogP contribution < -0.4 is 10.5 Å². The fourth-order valence-corrected chi connectivity index (χ4v) is 1.72. The fourth-order valence-electron chi connectivity index (χ4n) is 1.72. The number of benzene rings is 2. The van der Waals surface area contributed by atoms with Crippen LogP contribution in [0.15, 0.2) is 54.6 Å². The highest BCUT2D eigenvalue weighted by Gasteiger charge is 2.11. The topological polar surface area (TPSA) is 52.3 Å². The molecule has 0 aliphatic carbocycles. The predicted octanol–water partition coefficient (Wildman–Crippen LogP) is 3.11. The van der Waals surface area contributed by atoms with Gasteiger partial charge in [0.2, 0.25) is 0 Å². The third-order valence-electron chi connectivity index (χ3n) is 2.88. The minimum absolute atomic E-state index is 0.480. The molecule has 0 aliphatic rings.